The molecule has 0 aliphatic carbocycles. The summed E-state index contributed by atoms with van der Waals surface area (Å²) in [7, 11) is 0. The number of aromatic nitrogens is 3. The van der Waals surface area contributed by atoms with Crippen molar-refractivity contribution in [3.8, 4) is 11.4 Å². The van der Waals surface area contributed by atoms with Gasteiger partial charge in [0, 0.05) is 17.4 Å². The van der Waals surface area contributed by atoms with Gasteiger partial charge in [-0.1, -0.05) is 35.5 Å². The summed E-state index contributed by atoms with van der Waals surface area (Å²) in [5, 5.41) is 12.2. The van der Waals surface area contributed by atoms with E-state index in [1.165, 1.54) is 30.0 Å². The van der Waals surface area contributed by atoms with Gasteiger partial charge in [0.25, 0.3) is 0 Å². The topological polar surface area (TPSA) is 90.0 Å². The predicted octanol–water partition coefficient (Wildman–Crippen LogP) is 4.57. The Morgan fingerprint density at radius 1 is 1.16 bits per heavy atom. The smallest absolute Gasteiger partial charge is 0.217 e. The quantitative estimate of drug-likeness (QED) is 0.287. The van der Waals surface area contributed by atoms with Crippen molar-refractivity contribution < 1.29 is 14.0 Å². The molecule has 0 unspecified atom stereocenters. The van der Waals surface area contributed by atoms with E-state index < -0.39 is 0 Å². The van der Waals surface area contributed by atoms with Crippen LogP contribution in [0.15, 0.2) is 64.4 Å². The van der Waals surface area contributed by atoms with Crippen molar-refractivity contribution >= 4 is 34.8 Å². The Kier molecular flexibility index (Phi) is 6.87. The first-order valence-corrected chi connectivity index (χ1v) is 11.8. The van der Waals surface area contributed by atoms with Crippen LogP contribution >= 0.6 is 23.1 Å². The van der Waals surface area contributed by atoms with Crippen LogP contribution in [0.1, 0.15) is 32.8 Å². The SMILES string of the molecule is CC(=O)NCc1ccc(C(=O)CSc2nnc(-c3cccc(C)c3)n2Cc2ccco2)s1. The number of hydrogen-bond acceptors (Lipinski definition) is 7. The van der Waals surface area contributed by atoms with Gasteiger partial charge in [0.2, 0.25) is 5.91 Å². The summed E-state index contributed by atoms with van der Waals surface area (Å²) >= 11 is 2.75. The molecule has 0 aliphatic rings. The zero-order valence-corrected chi connectivity index (χ0v) is 19.3. The summed E-state index contributed by atoms with van der Waals surface area (Å²) in [6.07, 6.45) is 1.64. The second-order valence-electron chi connectivity index (χ2n) is 7.23. The molecule has 0 radical (unpaired) electrons. The van der Waals surface area contributed by atoms with Crippen molar-refractivity contribution in [2.45, 2.75) is 32.1 Å². The van der Waals surface area contributed by atoms with Crippen molar-refractivity contribution in [1.82, 2.24) is 20.1 Å². The van der Waals surface area contributed by atoms with Gasteiger partial charge < -0.3 is 9.73 Å². The maximum absolute atomic E-state index is 12.7. The highest BCUT2D eigenvalue weighted by Gasteiger charge is 2.18. The highest BCUT2D eigenvalue weighted by molar-refractivity contribution is 7.99. The van der Waals surface area contributed by atoms with Gasteiger partial charge >= 0.3 is 0 Å². The molecule has 0 bridgehead atoms. The molecule has 0 saturated heterocycles. The lowest BCUT2D eigenvalue weighted by molar-refractivity contribution is -0.119. The lowest BCUT2D eigenvalue weighted by atomic mass is 10.1. The van der Waals surface area contributed by atoms with Gasteiger partial charge in [0.1, 0.15) is 5.76 Å². The van der Waals surface area contributed by atoms with Crippen LogP contribution in [0.5, 0.6) is 0 Å². The number of Topliss-reactive ketones (excluding diaryl/α,β-unsaturated/α-hetero) is 1. The molecule has 4 aromatic rings. The van der Waals surface area contributed by atoms with Crippen LogP contribution in [0.3, 0.4) is 0 Å². The van der Waals surface area contributed by atoms with E-state index in [1.807, 2.05) is 47.9 Å². The predicted molar refractivity (Wildman–Crippen MR) is 125 cm³/mol. The number of rotatable bonds is 9. The van der Waals surface area contributed by atoms with E-state index in [9.17, 15) is 9.59 Å². The third-order valence-corrected chi connectivity index (χ3v) is 6.76. The van der Waals surface area contributed by atoms with E-state index in [1.54, 1.807) is 12.3 Å². The second kappa shape index (κ2) is 9.97. The number of ketones is 1. The van der Waals surface area contributed by atoms with E-state index >= 15 is 0 Å². The highest BCUT2D eigenvalue weighted by atomic mass is 32.2. The van der Waals surface area contributed by atoms with Gasteiger partial charge in [-0.25, -0.2) is 0 Å². The zero-order valence-electron chi connectivity index (χ0n) is 17.7. The first-order chi connectivity index (χ1) is 15.5. The maximum Gasteiger partial charge on any atom is 0.217 e. The second-order valence-corrected chi connectivity index (χ2v) is 9.34. The molecule has 0 aliphatic heterocycles. The third kappa shape index (κ3) is 5.35. The first kappa shape index (κ1) is 22.0. The lowest BCUT2D eigenvalue weighted by Gasteiger charge is -2.09. The summed E-state index contributed by atoms with van der Waals surface area (Å²) in [6, 6.07) is 15.5. The Hall–Kier alpha value is -3.17. The molecule has 9 heteroatoms. The first-order valence-electron chi connectivity index (χ1n) is 10.0. The standard InChI is InChI=1S/C23H22N4O3S2/c1-15-5-3-6-17(11-15)22-25-26-23(27(22)13-18-7-4-10-30-18)31-14-20(29)21-9-8-19(32-21)12-24-16(2)28/h3-11H,12-14H2,1-2H3,(H,24,28). The summed E-state index contributed by atoms with van der Waals surface area (Å²) in [5.74, 6) is 1.67. The van der Waals surface area contributed by atoms with Crippen LogP contribution in [-0.4, -0.2) is 32.2 Å². The molecule has 3 heterocycles. The molecule has 164 valence electrons. The molecule has 0 spiro atoms. The monoisotopic (exact) mass is 466 g/mol. The molecular weight excluding hydrogens is 444 g/mol. The molecule has 0 fully saturated rings. The molecule has 7 nitrogen and oxygen atoms in total. The minimum atomic E-state index is -0.0952. The summed E-state index contributed by atoms with van der Waals surface area (Å²) in [4.78, 5) is 25.4. The minimum Gasteiger partial charge on any atom is -0.467 e. The number of furan rings is 1. The number of hydrogen-bond donors (Lipinski definition) is 1. The molecule has 4 rings (SSSR count). The van der Waals surface area contributed by atoms with Gasteiger partial charge in [-0.2, -0.15) is 0 Å². The Bertz CT molecular complexity index is 1230. The molecule has 1 N–H and O–H groups in total. The Morgan fingerprint density at radius 2 is 2.03 bits per heavy atom. The molecule has 0 atom stereocenters. The highest BCUT2D eigenvalue weighted by Crippen LogP contribution is 2.27. The van der Waals surface area contributed by atoms with Crippen LogP contribution < -0.4 is 5.32 Å². The van der Waals surface area contributed by atoms with Crippen molar-refractivity contribution in [2.75, 3.05) is 5.75 Å². The van der Waals surface area contributed by atoms with Crippen LogP contribution in [0, 0.1) is 6.92 Å². The number of carbonyl (C=O) groups is 2. The summed E-state index contributed by atoms with van der Waals surface area (Å²) in [6.45, 7) is 4.41. The van der Waals surface area contributed by atoms with E-state index in [-0.39, 0.29) is 17.4 Å². The molecule has 1 amide bonds. The number of nitrogens with one attached hydrogen (secondary N) is 1. The van der Waals surface area contributed by atoms with Crippen LogP contribution in [0.2, 0.25) is 0 Å². The van der Waals surface area contributed by atoms with Crippen LogP contribution in [-0.2, 0) is 17.9 Å². The molecule has 0 saturated carbocycles. The maximum atomic E-state index is 12.7. The number of thioether (sulfide) groups is 1. The number of amides is 1. The number of thiophene rings is 1. The minimum absolute atomic E-state index is 0.0127. The van der Waals surface area contributed by atoms with E-state index in [0.29, 0.717) is 23.1 Å². The van der Waals surface area contributed by atoms with Gasteiger partial charge in [0.15, 0.2) is 16.8 Å². The average Bonchev–Trinajstić information content (AvgIpc) is 3.52. The lowest BCUT2D eigenvalue weighted by Crippen LogP contribution is -2.18. The van der Waals surface area contributed by atoms with E-state index in [4.69, 9.17) is 4.42 Å². The van der Waals surface area contributed by atoms with Gasteiger partial charge in [-0.15, -0.1) is 21.5 Å². The largest absolute Gasteiger partial charge is 0.467 e. The van der Waals surface area contributed by atoms with Crippen LogP contribution in [0.4, 0.5) is 0 Å². The summed E-state index contributed by atoms with van der Waals surface area (Å²) < 4.78 is 7.51. The molecule has 1 aromatic carbocycles. The van der Waals surface area contributed by atoms with E-state index in [2.05, 4.69) is 21.6 Å². The van der Waals surface area contributed by atoms with Gasteiger partial charge in [-0.3, -0.25) is 14.2 Å². The third-order valence-electron chi connectivity index (χ3n) is 4.67. The molecular formula is C23H22N4O3S2. The number of carbonyl (C=O) groups excluding carboxylic acids is 2. The summed E-state index contributed by atoms with van der Waals surface area (Å²) in [5.41, 5.74) is 2.09. The van der Waals surface area contributed by atoms with Crippen molar-refractivity contribution in [3.63, 3.8) is 0 Å². The molecule has 32 heavy (non-hydrogen) atoms. The van der Waals surface area contributed by atoms with Crippen molar-refractivity contribution in [1.29, 1.82) is 0 Å². The van der Waals surface area contributed by atoms with Gasteiger partial charge in [-0.05, 0) is 37.3 Å². The van der Waals surface area contributed by atoms with Crippen molar-refractivity contribution in [3.05, 3.63) is 75.9 Å². The fourth-order valence-electron chi connectivity index (χ4n) is 3.13. The Morgan fingerprint density at radius 3 is 2.78 bits per heavy atom. The Labute approximate surface area is 193 Å². The van der Waals surface area contributed by atoms with E-state index in [0.717, 1.165) is 27.6 Å². The fraction of sp³-hybridized carbons (Fsp3) is 0.217. The van der Waals surface area contributed by atoms with Crippen LogP contribution in [0.25, 0.3) is 11.4 Å². The number of aryl methyl sites for hydroxylation is 1. The van der Waals surface area contributed by atoms with Crippen molar-refractivity contribution in [2.24, 2.45) is 0 Å². The normalized spacial score (nSPS) is 10.9. The number of nitrogens with zero attached hydrogens (tertiary/aromatic N) is 3. The zero-order chi connectivity index (χ0) is 22.5. The molecule has 3 aromatic heterocycles. The number of benzene rings is 1. The Balaban J connectivity index is 1.52. The fourth-order valence-corrected chi connectivity index (χ4v) is 4.93. The van der Waals surface area contributed by atoms with Gasteiger partial charge in [0.05, 0.1) is 30.0 Å². The average molecular weight is 467 g/mol.